The first-order valence-electron chi connectivity index (χ1n) is 12.5. The molecule has 0 saturated heterocycles. The zero-order valence-electron chi connectivity index (χ0n) is 22.0. The summed E-state index contributed by atoms with van der Waals surface area (Å²) in [4.78, 5) is 28.4. The van der Waals surface area contributed by atoms with Crippen molar-refractivity contribution in [2.45, 2.75) is 36.7 Å². The molecule has 0 aliphatic heterocycles. The van der Waals surface area contributed by atoms with Crippen LogP contribution in [0.25, 0.3) is 0 Å². The van der Waals surface area contributed by atoms with Crippen LogP contribution in [0, 0.1) is 0 Å². The van der Waals surface area contributed by atoms with E-state index in [1.165, 1.54) is 11.4 Å². The third-order valence-corrected chi connectivity index (χ3v) is 8.19. The lowest BCUT2D eigenvalue weighted by molar-refractivity contribution is -0.141. The van der Waals surface area contributed by atoms with E-state index in [1.54, 1.807) is 49.4 Å². The molecular weight excluding hydrogens is 502 g/mol. The molecule has 202 valence electrons. The van der Waals surface area contributed by atoms with Crippen molar-refractivity contribution in [1.82, 2.24) is 14.5 Å². The number of amides is 2. The molecule has 0 saturated carbocycles. The number of nitrogens with zero attached hydrogens (tertiary/aromatic N) is 2. The van der Waals surface area contributed by atoms with Gasteiger partial charge >= 0.3 is 0 Å². The third kappa shape index (κ3) is 7.66. The van der Waals surface area contributed by atoms with E-state index in [9.17, 15) is 18.0 Å². The van der Waals surface area contributed by atoms with Crippen molar-refractivity contribution in [2.75, 3.05) is 27.7 Å². The van der Waals surface area contributed by atoms with Gasteiger partial charge in [-0.05, 0) is 41.8 Å². The van der Waals surface area contributed by atoms with E-state index in [0.717, 1.165) is 11.1 Å². The first-order chi connectivity index (χ1) is 18.3. The predicted octanol–water partition coefficient (Wildman–Crippen LogP) is 3.48. The highest BCUT2D eigenvalue weighted by atomic mass is 32.2. The van der Waals surface area contributed by atoms with Gasteiger partial charge in [0.2, 0.25) is 21.8 Å². The second kappa shape index (κ2) is 13.7. The molecule has 3 aromatic rings. The van der Waals surface area contributed by atoms with E-state index < -0.39 is 16.1 Å². The van der Waals surface area contributed by atoms with E-state index in [-0.39, 0.29) is 36.2 Å². The number of methoxy groups -OCH3 is 1. The summed E-state index contributed by atoms with van der Waals surface area (Å²) in [6.45, 7) is 0.373. The Morgan fingerprint density at radius 1 is 0.921 bits per heavy atom. The average Bonchev–Trinajstić information content (AvgIpc) is 2.95. The number of nitrogens with one attached hydrogen (secondary N) is 1. The summed E-state index contributed by atoms with van der Waals surface area (Å²) in [5, 5.41) is 2.70. The first kappa shape index (κ1) is 28.9. The average molecular weight is 538 g/mol. The molecule has 9 heteroatoms. The van der Waals surface area contributed by atoms with Crippen LogP contribution in [0.2, 0.25) is 0 Å². The van der Waals surface area contributed by atoms with Crippen LogP contribution in [0.15, 0.2) is 89.8 Å². The summed E-state index contributed by atoms with van der Waals surface area (Å²) in [6.07, 6.45) is 0.737. The lowest BCUT2D eigenvalue weighted by Crippen LogP contribution is -2.49. The molecule has 1 N–H and O–H groups in total. The number of sulfonamides is 1. The van der Waals surface area contributed by atoms with Gasteiger partial charge in [0.15, 0.2) is 0 Å². The summed E-state index contributed by atoms with van der Waals surface area (Å²) >= 11 is 0. The number of hydrogen-bond donors (Lipinski definition) is 1. The van der Waals surface area contributed by atoms with Crippen molar-refractivity contribution in [3.8, 4) is 5.75 Å². The van der Waals surface area contributed by atoms with Crippen molar-refractivity contribution in [2.24, 2.45) is 0 Å². The summed E-state index contributed by atoms with van der Waals surface area (Å²) < 4.78 is 32.3. The Hall–Kier alpha value is -3.69. The molecule has 3 aromatic carbocycles. The Bertz CT molecular complexity index is 1300. The minimum atomic E-state index is -3.66. The fourth-order valence-electron chi connectivity index (χ4n) is 4.18. The number of rotatable bonds is 13. The molecule has 1 atom stereocenters. The Morgan fingerprint density at radius 2 is 1.55 bits per heavy atom. The van der Waals surface area contributed by atoms with E-state index in [1.807, 2.05) is 54.6 Å². The Morgan fingerprint density at radius 3 is 2.18 bits per heavy atom. The van der Waals surface area contributed by atoms with E-state index in [4.69, 9.17) is 4.74 Å². The van der Waals surface area contributed by atoms with Crippen LogP contribution < -0.4 is 10.1 Å². The van der Waals surface area contributed by atoms with Crippen molar-refractivity contribution in [3.63, 3.8) is 0 Å². The standard InChI is InChI=1S/C29H35N3O5S/c1-30-29(34)27(21-23-12-6-4-7-13-23)32(22-24-14-10-15-25(20-24)37-3)28(33)18-11-19-31(2)38(35,36)26-16-8-5-9-17-26/h4-10,12-17,20,27H,11,18-19,21-22H2,1-3H3,(H,30,34)/t27-/m1/s1. The molecular formula is C29H35N3O5S. The van der Waals surface area contributed by atoms with E-state index >= 15 is 0 Å². The molecule has 2 amide bonds. The second-order valence-corrected chi connectivity index (χ2v) is 11.0. The fraction of sp³-hybridized carbons (Fsp3) is 0.310. The van der Waals surface area contributed by atoms with Gasteiger partial charge in [0, 0.05) is 40.0 Å². The number of carbonyl (C=O) groups excluding carboxylic acids is 2. The second-order valence-electron chi connectivity index (χ2n) is 8.94. The van der Waals surface area contributed by atoms with Crippen molar-refractivity contribution in [1.29, 1.82) is 0 Å². The van der Waals surface area contributed by atoms with Gasteiger partial charge in [-0.25, -0.2) is 12.7 Å². The minimum absolute atomic E-state index is 0.0842. The maximum Gasteiger partial charge on any atom is 0.242 e. The van der Waals surface area contributed by atoms with Gasteiger partial charge in [0.25, 0.3) is 0 Å². The molecule has 0 unspecified atom stereocenters. The van der Waals surface area contributed by atoms with Gasteiger partial charge in [-0.1, -0.05) is 60.7 Å². The number of ether oxygens (including phenoxy) is 1. The van der Waals surface area contributed by atoms with Crippen molar-refractivity contribution in [3.05, 3.63) is 96.1 Å². The number of hydrogen-bond acceptors (Lipinski definition) is 5. The molecule has 0 fully saturated rings. The molecule has 0 spiro atoms. The molecule has 0 heterocycles. The normalized spacial score (nSPS) is 12.1. The van der Waals surface area contributed by atoms with Gasteiger partial charge in [-0.2, -0.15) is 0 Å². The highest BCUT2D eigenvalue weighted by molar-refractivity contribution is 7.89. The molecule has 0 radical (unpaired) electrons. The zero-order chi connectivity index (χ0) is 27.5. The Labute approximate surface area is 225 Å². The van der Waals surface area contributed by atoms with Crippen molar-refractivity contribution >= 4 is 21.8 Å². The summed E-state index contributed by atoms with van der Waals surface area (Å²) in [7, 11) is 0.974. The largest absolute Gasteiger partial charge is 0.497 e. The highest BCUT2D eigenvalue weighted by Crippen LogP contribution is 2.20. The molecule has 0 aromatic heterocycles. The molecule has 0 aliphatic carbocycles. The van der Waals surface area contributed by atoms with Crippen LogP contribution in [0.3, 0.4) is 0 Å². The topological polar surface area (TPSA) is 96.0 Å². The number of carbonyl (C=O) groups is 2. The third-order valence-electron chi connectivity index (χ3n) is 6.32. The molecule has 0 aliphatic rings. The predicted molar refractivity (Wildman–Crippen MR) is 147 cm³/mol. The quantitative estimate of drug-likeness (QED) is 0.360. The smallest absolute Gasteiger partial charge is 0.242 e. The summed E-state index contributed by atoms with van der Waals surface area (Å²) in [6, 6.07) is 24.4. The number of likely N-dealkylation sites (N-methyl/N-ethyl adjacent to an activating group) is 1. The van der Waals surface area contributed by atoms with E-state index in [0.29, 0.717) is 18.6 Å². The maximum absolute atomic E-state index is 13.6. The molecule has 3 rings (SSSR count). The van der Waals surface area contributed by atoms with Crippen LogP contribution in [0.4, 0.5) is 0 Å². The lowest BCUT2D eigenvalue weighted by Gasteiger charge is -2.31. The van der Waals surface area contributed by atoms with E-state index in [2.05, 4.69) is 5.32 Å². The monoisotopic (exact) mass is 537 g/mol. The SMILES string of the molecule is CNC(=O)[C@@H](Cc1ccccc1)N(Cc1cccc(OC)c1)C(=O)CCCN(C)S(=O)(=O)c1ccccc1. The van der Waals surface area contributed by atoms with Gasteiger partial charge in [0.1, 0.15) is 11.8 Å². The van der Waals surface area contributed by atoms with Gasteiger partial charge in [-0.15, -0.1) is 0 Å². The summed E-state index contributed by atoms with van der Waals surface area (Å²) in [5.74, 6) is 0.152. The minimum Gasteiger partial charge on any atom is -0.497 e. The zero-order valence-corrected chi connectivity index (χ0v) is 22.9. The Balaban J connectivity index is 1.80. The van der Waals surface area contributed by atoms with Gasteiger partial charge in [-0.3, -0.25) is 9.59 Å². The Kier molecular flexibility index (Phi) is 10.4. The molecule has 8 nitrogen and oxygen atoms in total. The molecule has 38 heavy (non-hydrogen) atoms. The molecule has 0 bridgehead atoms. The lowest BCUT2D eigenvalue weighted by atomic mass is 10.0. The highest BCUT2D eigenvalue weighted by Gasteiger charge is 2.30. The van der Waals surface area contributed by atoms with Crippen LogP contribution in [-0.2, 0) is 32.6 Å². The number of benzene rings is 3. The first-order valence-corrected chi connectivity index (χ1v) is 13.9. The fourth-order valence-corrected chi connectivity index (χ4v) is 5.41. The summed E-state index contributed by atoms with van der Waals surface area (Å²) in [5.41, 5.74) is 1.75. The van der Waals surface area contributed by atoms with Crippen molar-refractivity contribution < 1.29 is 22.7 Å². The van der Waals surface area contributed by atoms with Crippen LogP contribution in [0.1, 0.15) is 24.0 Å². The van der Waals surface area contributed by atoms with Crippen LogP contribution in [-0.4, -0.2) is 63.2 Å². The van der Waals surface area contributed by atoms with Crippen LogP contribution in [0.5, 0.6) is 5.75 Å². The maximum atomic E-state index is 13.6. The van der Waals surface area contributed by atoms with Gasteiger partial charge in [0.05, 0.1) is 12.0 Å². The van der Waals surface area contributed by atoms with Crippen LogP contribution >= 0.6 is 0 Å². The van der Waals surface area contributed by atoms with Gasteiger partial charge < -0.3 is 15.0 Å².